The van der Waals surface area contributed by atoms with Gasteiger partial charge in [0.1, 0.15) is 11.6 Å². The molecular formula is C22H26FNO4. The Morgan fingerprint density at radius 3 is 2.57 bits per heavy atom. The molecule has 0 N–H and O–H groups in total. The second-order valence-corrected chi connectivity index (χ2v) is 7.50. The van der Waals surface area contributed by atoms with E-state index < -0.39 is 5.41 Å². The summed E-state index contributed by atoms with van der Waals surface area (Å²) in [6, 6.07) is 7.95. The summed E-state index contributed by atoms with van der Waals surface area (Å²) in [6.07, 6.45) is 1.69. The van der Waals surface area contributed by atoms with Crippen molar-refractivity contribution < 1.29 is 23.1 Å². The Balaban J connectivity index is 1.88. The molecule has 3 rings (SSSR count). The number of halogens is 1. The Bertz CT molecular complexity index is 858. The monoisotopic (exact) mass is 387 g/mol. The van der Waals surface area contributed by atoms with E-state index >= 15 is 0 Å². The van der Waals surface area contributed by atoms with E-state index in [2.05, 4.69) is 0 Å². The van der Waals surface area contributed by atoms with Gasteiger partial charge < -0.3 is 14.1 Å². The van der Waals surface area contributed by atoms with Crippen LogP contribution in [0.4, 0.5) is 4.39 Å². The number of aryl methyl sites for hydroxylation is 2. The predicted octanol–water partition coefficient (Wildman–Crippen LogP) is 4.06. The first-order valence-electron chi connectivity index (χ1n) is 9.62. The van der Waals surface area contributed by atoms with Gasteiger partial charge in [0, 0.05) is 18.7 Å². The van der Waals surface area contributed by atoms with E-state index in [1.807, 2.05) is 13.0 Å². The van der Waals surface area contributed by atoms with E-state index in [0.717, 1.165) is 11.1 Å². The highest BCUT2D eigenvalue weighted by molar-refractivity contribution is 5.93. The van der Waals surface area contributed by atoms with Crippen molar-refractivity contribution in [2.24, 2.45) is 5.41 Å². The minimum atomic E-state index is -0.850. The van der Waals surface area contributed by atoms with Crippen molar-refractivity contribution in [1.29, 1.82) is 0 Å². The minimum absolute atomic E-state index is 0.210. The van der Waals surface area contributed by atoms with E-state index in [4.69, 9.17) is 9.15 Å². The molecule has 1 aliphatic rings. The number of benzene rings is 1. The molecule has 5 nitrogen and oxygen atoms in total. The van der Waals surface area contributed by atoms with Gasteiger partial charge in [-0.25, -0.2) is 4.39 Å². The Kier molecular flexibility index (Phi) is 5.87. The van der Waals surface area contributed by atoms with E-state index in [0.29, 0.717) is 37.3 Å². The molecule has 1 fully saturated rings. The molecule has 150 valence electrons. The van der Waals surface area contributed by atoms with E-state index in [-0.39, 0.29) is 30.8 Å². The number of carbonyl (C=O) groups is 2. The van der Waals surface area contributed by atoms with E-state index in [9.17, 15) is 14.0 Å². The van der Waals surface area contributed by atoms with Gasteiger partial charge in [0.15, 0.2) is 5.76 Å². The van der Waals surface area contributed by atoms with Crippen molar-refractivity contribution in [1.82, 2.24) is 4.90 Å². The molecule has 0 radical (unpaired) electrons. The van der Waals surface area contributed by atoms with Gasteiger partial charge in [-0.15, -0.1) is 0 Å². The van der Waals surface area contributed by atoms with E-state index in [1.165, 1.54) is 12.1 Å². The summed E-state index contributed by atoms with van der Waals surface area (Å²) in [5.41, 5.74) is 0.777. The topological polar surface area (TPSA) is 59.8 Å². The van der Waals surface area contributed by atoms with Crippen molar-refractivity contribution in [3.05, 3.63) is 58.8 Å². The molecule has 1 aromatic heterocycles. The molecular weight excluding hydrogens is 361 g/mol. The van der Waals surface area contributed by atoms with Crippen LogP contribution >= 0.6 is 0 Å². The molecule has 0 saturated carbocycles. The van der Waals surface area contributed by atoms with Gasteiger partial charge in [-0.1, -0.05) is 12.1 Å². The van der Waals surface area contributed by atoms with Gasteiger partial charge >= 0.3 is 5.97 Å². The summed E-state index contributed by atoms with van der Waals surface area (Å²) in [5.74, 6) is 0.153. The lowest BCUT2D eigenvalue weighted by molar-refractivity contribution is -0.158. The standard InChI is InChI=1S/C22H26FNO4/c1-4-27-21(26)22(13-17-6-8-18(23)9-7-17)10-5-11-24(14-22)20(25)19-15(2)12-16(3)28-19/h6-9,12H,4-5,10-11,13-14H2,1-3H3/t22-/m1/s1. The lowest BCUT2D eigenvalue weighted by Gasteiger charge is -2.40. The van der Waals surface area contributed by atoms with Gasteiger partial charge in [-0.2, -0.15) is 0 Å². The van der Waals surface area contributed by atoms with Crippen LogP contribution < -0.4 is 0 Å². The fourth-order valence-corrected chi connectivity index (χ4v) is 3.96. The first kappa shape index (κ1) is 20.1. The van der Waals surface area contributed by atoms with E-state index in [1.54, 1.807) is 30.9 Å². The third-order valence-corrected chi connectivity index (χ3v) is 5.26. The number of esters is 1. The van der Waals surface area contributed by atoms with Crippen LogP contribution in [0.5, 0.6) is 0 Å². The number of nitrogens with zero attached hydrogens (tertiary/aromatic N) is 1. The highest BCUT2D eigenvalue weighted by Gasteiger charge is 2.45. The van der Waals surface area contributed by atoms with Crippen LogP contribution in [0.25, 0.3) is 0 Å². The molecule has 1 atom stereocenters. The maximum atomic E-state index is 13.3. The predicted molar refractivity (Wildman–Crippen MR) is 102 cm³/mol. The Labute approximate surface area is 164 Å². The van der Waals surface area contributed by atoms with Crippen LogP contribution in [0.1, 0.15) is 47.2 Å². The van der Waals surface area contributed by atoms with Crippen LogP contribution in [-0.4, -0.2) is 36.5 Å². The molecule has 1 aromatic carbocycles. The second-order valence-electron chi connectivity index (χ2n) is 7.50. The number of rotatable bonds is 5. The van der Waals surface area contributed by atoms with Crippen LogP contribution in [0.3, 0.4) is 0 Å². The summed E-state index contributed by atoms with van der Waals surface area (Å²) >= 11 is 0. The molecule has 6 heteroatoms. The summed E-state index contributed by atoms with van der Waals surface area (Å²) in [5, 5.41) is 0. The van der Waals surface area contributed by atoms with Crippen molar-refractivity contribution in [2.45, 2.75) is 40.0 Å². The fourth-order valence-electron chi connectivity index (χ4n) is 3.96. The molecule has 1 amide bonds. The van der Waals surface area contributed by atoms with Gasteiger partial charge in [0.05, 0.1) is 12.0 Å². The average Bonchev–Trinajstić information content (AvgIpc) is 3.01. The number of likely N-dealkylation sites (tertiary alicyclic amines) is 1. The third-order valence-electron chi connectivity index (χ3n) is 5.26. The van der Waals surface area contributed by atoms with Gasteiger partial charge in [0.25, 0.3) is 5.91 Å². The number of hydrogen-bond donors (Lipinski definition) is 0. The Hall–Kier alpha value is -2.63. The third kappa shape index (κ3) is 4.11. The van der Waals surface area contributed by atoms with Crippen molar-refractivity contribution in [3.8, 4) is 0 Å². The zero-order chi connectivity index (χ0) is 20.3. The number of piperidine rings is 1. The van der Waals surface area contributed by atoms with Crippen LogP contribution in [0, 0.1) is 25.1 Å². The highest BCUT2D eigenvalue weighted by Crippen LogP contribution is 2.36. The van der Waals surface area contributed by atoms with Crippen LogP contribution in [-0.2, 0) is 16.0 Å². The lowest BCUT2D eigenvalue weighted by Crippen LogP contribution is -2.51. The maximum absolute atomic E-state index is 13.3. The Morgan fingerprint density at radius 1 is 1.25 bits per heavy atom. The number of ether oxygens (including phenoxy) is 1. The minimum Gasteiger partial charge on any atom is -0.466 e. The normalized spacial score (nSPS) is 19.5. The number of amides is 1. The largest absolute Gasteiger partial charge is 0.466 e. The first-order valence-corrected chi connectivity index (χ1v) is 9.62. The molecule has 1 aliphatic heterocycles. The summed E-state index contributed by atoms with van der Waals surface area (Å²) in [7, 11) is 0. The quantitative estimate of drug-likeness (QED) is 0.726. The average molecular weight is 387 g/mol. The number of furan rings is 1. The molecule has 1 saturated heterocycles. The molecule has 0 spiro atoms. The smallest absolute Gasteiger partial charge is 0.314 e. The molecule has 2 heterocycles. The maximum Gasteiger partial charge on any atom is 0.314 e. The van der Waals surface area contributed by atoms with Crippen LogP contribution in [0.2, 0.25) is 0 Å². The zero-order valence-electron chi connectivity index (χ0n) is 16.6. The lowest BCUT2D eigenvalue weighted by atomic mass is 9.75. The second kappa shape index (κ2) is 8.17. The SMILES string of the molecule is CCOC(=O)[C@@]1(Cc2ccc(F)cc2)CCCN(C(=O)c2oc(C)cc2C)C1. The van der Waals surface area contributed by atoms with Crippen molar-refractivity contribution in [2.75, 3.05) is 19.7 Å². The molecule has 2 aromatic rings. The van der Waals surface area contributed by atoms with Crippen molar-refractivity contribution in [3.63, 3.8) is 0 Å². The zero-order valence-corrected chi connectivity index (χ0v) is 16.6. The molecule has 0 bridgehead atoms. The van der Waals surface area contributed by atoms with Gasteiger partial charge in [-0.05, 0) is 63.8 Å². The fraction of sp³-hybridized carbons (Fsp3) is 0.455. The molecule has 28 heavy (non-hydrogen) atoms. The first-order chi connectivity index (χ1) is 13.3. The van der Waals surface area contributed by atoms with Crippen LogP contribution in [0.15, 0.2) is 34.7 Å². The number of carbonyl (C=O) groups excluding carboxylic acids is 2. The van der Waals surface area contributed by atoms with Gasteiger partial charge in [0.2, 0.25) is 0 Å². The van der Waals surface area contributed by atoms with Crippen molar-refractivity contribution >= 4 is 11.9 Å². The highest BCUT2D eigenvalue weighted by atomic mass is 19.1. The van der Waals surface area contributed by atoms with Gasteiger partial charge in [-0.3, -0.25) is 9.59 Å². The summed E-state index contributed by atoms with van der Waals surface area (Å²) < 4.78 is 24.2. The summed E-state index contributed by atoms with van der Waals surface area (Å²) in [4.78, 5) is 27.6. The Morgan fingerprint density at radius 2 is 1.96 bits per heavy atom. The number of hydrogen-bond acceptors (Lipinski definition) is 4. The molecule has 0 aliphatic carbocycles. The molecule has 0 unspecified atom stereocenters. The summed E-state index contributed by atoms with van der Waals surface area (Å²) in [6.45, 7) is 6.49.